The number of hydrogen-bond acceptors (Lipinski definition) is 4. The summed E-state index contributed by atoms with van der Waals surface area (Å²) < 4.78 is 10.2. The second-order valence-electron chi connectivity index (χ2n) is 4.39. The highest BCUT2D eigenvalue weighted by Crippen LogP contribution is 2.30. The minimum absolute atomic E-state index is 0.224. The lowest BCUT2D eigenvalue weighted by atomic mass is 10.1. The molecule has 0 aromatic heterocycles. The van der Waals surface area contributed by atoms with Crippen LogP contribution in [0.1, 0.15) is 24.2 Å². The molecular weight excluding hydrogens is 232 g/mol. The van der Waals surface area contributed by atoms with Crippen LogP contribution in [0.5, 0.6) is 11.5 Å². The SMILES string of the molecule is COc1cc(OC)c(N)c(C(=O)NCC(C)C)c1. The van der Waals surface area contributed by atoms with Gasteiger partial charge in [-0.1, -0.05) is 13.8 Å². The van der Waals surface area contributed by atoms with Gasteiger partial charge in [0.1, 0.15) is 11.5 Å². The van der Waals surface area contributed by atoms with E-state index in [0.29, 0.717) is 35.2 Å². The number of benzene rings is 1. The first-order chi connectivity index (χ1) is 8.49. The van der Waals surface area contributed by atoms with E-state index < -0.39 is 0 Å². The van der Waals surface area contributed by atoms with Gasteiger partial charge in [-0.3, -0.25) is 4.79 Å². The number of methoxy groups -OCH3 is 2. The van der Waals surface area contributed by atoms with Gasteiger partial charge in [0.2, 0.25) is 0 Å². The number of nitrogen functional groups attached to an aromatic ring is 1. The van der Waals surface area contributed by atoms with Crippen molar-refractivity contribution < 1.29 is 14.3 Å². The molecule has 0 bridgehead atoms. The number of ether oxygens (including phenoxy) is 2. The predicted molar refractivity (Wildman–Crippen MR) is 71.1 cm³/mol. The van der Waals surface area contributed by atoms with Gasteiger partial charge in [-0.2, -0.15) is 0 Å². The van der Waals surface area contributed by atoms with Crippen molar-refractivity contribution in [3.63, 3.8) is 0 Å². The normalized spacial score (nSPS) is 10.3. The molecule has 100 valence electrons. The Morgan fingerprint density at radius 3 is 2.50 bits per heavy atom. The smallest absolute Gasteiger partial charge is 0.253 e. The topological polar surface area (TPSA) is 73.6 Å². The fraction of sp³-hybridized carbons (Fsp3) is 0.462. The molecule has 1 rings (SSSR count). The Kier molecular flexibility index (Phi) is 4.83. The van der Waals surface area contributed by atoms with Crippen LogP contribution in [0.25, 0.3) is 0 Å². The van der Waals surface area contributed by atoms with Crippen LogP contribution < -0.4 is 20.5 Å². The van der Waals surface area contributed by atoms with Gasteiger partial charge < -0.3 is 20.5 Å². The largest absolute Gasteiger partial charge is 0.497 e. The first kappa shape index (κ1) is 14.2. The van der Waals surface area contributed by atoms with E-state index in [1.807, 2.05) is 13.8 Å². The summed E-state index contributed by atoms with van der Waals surface area (Å²) in [4.78, 5) is 12.0. The summed E-state index contributed by atoms with van der Waals surface area (Å²) in [6.45, 7) is 4.64. The van der Waals surface area contributed by atoms with E-state index in [1.165, 1.54) is 14.2 Å². The fourth-order valence-corrected chi connectivity index (χ4v) is 1.47. The molecule has 5 nitrogen and oxygen atoms in total. The molecule has 3 N–H and O–H groups in total. The van der Waals surface area contributed by atoms with Gasteiger partial charge in [0.05, 0.1) is 25.5 Å². The van der Waals surface area contributed by atoms with Crippen molar-refractivity contribution in [2.45, 2.75) is 13.8 Å². The Morgan fingerprint density at radius 1 is 1.33 bits per heavy atom. The molecule has 0 heterocycles. The summed E-state index contributed by atoms with van der Waals surface area (Å²) >= 11 is 0. The van der Waals surface area contributed by atoms with Crippen LogP contribution in [0, 0.1) is 5.92 Å². The van der Waals surface area contributed by atoms with Crippen LogP contribution >= 0.6 is 0 Å². The van der Waals surface area contributed by atoms with Crippen LogP contribution in [0.2, 0.25) is 0 Å². The van der Waals surface area contributed by atoms with Crippen molar-refractivity contribution in [2.75, 3.05) is 26.5 Å². The van der Waals surface area contributed by atoms with Crippen molar-refractivity contribution in [1.82, 2.24) is 5.32 Å². The second kappa shape index (κ2) is 6.14. The fourth-order valence-electron chi connectivity index (χ4n) is 1.47. The molecular formula is C13H20N2O3. The first-order valence-electron chi connectivity index (χ1n) is 5.79. The van der Waals surface area contributed by atoms with Crippen molar-refractivity contribution in [3.05, 3.63) is 17.7 Å². The first-order valence-corrected chi connectivity index (χ1v) is 5.79. The second-order valence-corrected chi connectivity index (χ2v) is 4.39. The van der Waals surface area contributed by atoms with Gasteiger partial charge in [0.25, 0.3) is 5.91 Å². The highest BCUT2D eigenvalue weighted by Gasteiger charge is 2.15. The molecule has 5 heteroatoms. The van der Waals surface area contributed by atoms with E-state index in [2.05, 4.69) is 5.32 Å². The van der Waals surface area contributed by atoms with Crippen molar-refractivity contribution in [1.29, 1.82) is 0 Å². The summed E-state index contributed by atoms with van der Waals surface area (Å²) in [5, 5.41) is 2.81. The zero-order valence-corrected chi connectivity index (χ0v) is 11.2. The maximum atomic E-state index is 12.0. The van der Waals surface area contributed by atoms with E-state index in [0.717, 1.165) is 0 Å². The Balaban J connectivity index is 3.02. The average molecular weight is 252 g/mol. The van der Waals surface area contributed by atoms with Gasteiger partial charge in [-0.15, -0.1) is 0 Å². The van der Waals surface area contributed by atoms with E-state index in [1.54, 1.807) is 12.1 Å². The van der Waals surface area contributed by atoms with Crippen molar-refractivity contribution in [3.8, 4) is 11.5 Å². The number of nitrogens with two attached hydrogens (primary N) is 1. The Hall–Kier alpha value is -1.91. The zero-order valence-electron chi connectivity index (χ0n) is 11.2. The maximum Gasteiger partial charge on any atom is 0.253 e. The monoisotopic (exact) mass is 252 g/mol. The molecule has 1 aromatic rings. The third kappa shape index (κ3) is 3.29. The van der Waals surface area contributed by atoms with E-state index in [4.69, 9.17) is 15.2 Å². The Bertz CT molecular complexity index is 430. The minimum atomic E-state index is -0.224. The molecule has 0 spiro atoms. The molecule has 0 unspecified atom stereocenters. The molecule has 0 saturated heterocycles. The summed E-state index contributed by atoms with van der Waals surface area (Å²) in [6, 6.07) is 3.25. The Labute approximate surface area is 107 Å². The summed E-state index contributed by atoms with van der Waals surface area (Å²) in [5.74, 6) is 1.13. The van der Waals surface area contributed by atoms with Gasteiger partial charge in [0, 0.05) is 12.6 Å². The molecule has 0 atom stereocenters. The summed E-state index contributed by atoms with van der Waals surface area (Å²) in [7, 11) is 3.03. The molecule has 0 fully saturated rings. The van der Waals surface area contributed by atoms with Crippen LogP contribution in [0.3, 0.4) is 0 Å². The molecule has 18 heavy (non-hydrogen) atoms. The number of anilines is 1. The molecule has 1 amide bonds. The van der Waals surface area contributed by atoms with Crippen LogP contribution in [-0.4, -0.2) is 26.7 Å². The summed E-state index contributed by atoms with van der Waals surface area (Å²) in [6.07, 6.45) is 0. The maximum absolute atomic E-state index is 12.0. The molecule has 0 radical (unpaired) electrons. The average Bonchev–Trinajstić information content (AvgIpc) is 2.36. The number of carbonyl (C=O) groups excluding carboxylic acids is 1. The molecule has 1 aromatic carbocycles. The lowest BCUT2D eigenvalue weighted by Crippen LogP contribution is -2.28. The molecule has 0 aliphatic rings. The van der Waals surface area contributed by atoms with Crippen LogP contribution in [0.4, 0.5) is 5.69 Å². The third-order valence-corrected chi connectivity index (χ3v) is 2.49. The number of carbonyl (C=O) groups is 1. The highest BCUT2D eigenvalue weighted by atomic mass is 16.5. The molecule has 0 saturated carbocycles. The number of rotatable bonds is 5. The number of hydrogen-bond donors (Lipinski definition) is 2. The third-order valence-electron chi connectivity index (χ3n) is 2.49. The van der Waals surface area contributed by atoms with Crippen LogP contribution in [-0.2, 0) is 0 Å². The number of nitrogens with one attached hydrogen (secondary N) is 1. The van der Waals surface area contributed by atoms with E-state index in [-0.39, 0.29) is 5.91 Å². The van der Waals surface area contributed by atoms with Crippen LogP contribution in [0.15, 0.2) is 12.1 Å². The van der Waals surface area contributed by atoms with E-state index in [9.17, 15) is 4.79 Å². The van der Waals surface area contributed by atoms with Crippen molar-refractivity contribution in [2.24, 2.45) is 5.92 Å². The Morgan fingerprint density at radius 2 is 2.00 bits per heavy atom. The highest BCUT2D eigenvalue weighted by molar-refractivity contribution is 6.00. The van der Waals surface area contributed by atoms with Crippen molar-refractivity contribution >= 4 is 11.6 Å². The van der Waals surface area contributed by atoms with Gasteiger partial charge in [-0.05, 0) is 12.0 Å². The zero-order chi connectivity index (χ0) is 13.7. The van der Waals surface area contributed by atoms with Gasteiger partial charge >= 0.3 is 0 Å². The minimum Gasteiger partial charge on any atom is -0.497 e. The van der Waals surface area contributed by atoms with Gasteiger partial charge in [0.15, 0.2) is 0 Å². The molecule has 0 aliphatic carbocycles. The number of amides is 1. The standard InChI is InChI=1S/C13H20N2O3/c1-8(2)7-15-13(16)10-5-9(17-3)6-11(18-4)12(10)14/h5-6,8H,7,14H2,1-4H3,(H,15,16). The van der Waals surface area contributed by atoms with Gasteiger partial charge in [-0.25, -0.2) is 0 Å². The summed E-state index contributed by atoms with van der Waals surface area (Å²) in [5.41, 5.74) is 6.57. The lowest BCUT2D eigenvalue weighted by Gasteiger charge is -2.13. The molecule has 0 aliphatic heterocycles. The lowest BCUT2D eigenvalue weighted by molar-refractivity contribution is 0.0949. The quantitative estimate of drug-likeness (QED) is 0.782. The van der Waals surface area contributed by atoms with E-state index >= 15 is 0 Å². The predicted octanol–water partition coefficient (Wildman–Crippen LogP) is 1.67.